The van der Waals surface area contributed by atoms with E-state index in [-0.39, 0.29) is 11.9 Å². The lowest BCUT2D eigenvalue weighted by Gasteiger charge is -2.22. The molecule has 86 valence electrons. The van der Waals surface area contributed by atoms with Gasteiger partial charge in [0.05, 0.1) is 12.5 Å². The summed E-state index contributed by atoms with van der Waals surface area (Å²) in [5.41, 5.74) is 0. The fraction of sp³-hybridized carbons (Fsp3) is 0.909. The molecule has 4 heteroatoms. The van der Waals surface area contributed by atoms with Crippen molar-refractivity contribution in [3.8, 4) is 0 Å². The summed E-state index contributed by atoms with van der Waals surface area (Å²) in [4.78, 5) is 11.6. The number of rotatable bonds is 3. The van der Waals surface area contributed by atoms with Gasteiger partial charge in [-0.2, -0.15) is 0 Å². The third kappa shape index (κ3) is 3.18. The van der Waals surface area contributed by atoms with Crippen LogP contribution >= 0.6 is 0 Å². The molecule has 0 bridgehead atoms. The molecule has 2 fully saturated rings. The summed E-state index contributed by atoms with van der Waals surface area (Å²) in [7, 11) is 0. The van der Waals surface area contributed by atoms with Gasteiger partial charge in [-0.25, -0.2) is 0 Å². The third-order valence-corrected chi connectivity index (χ3v) is 3.20. The molecule has 0 spiro atoms. The number of hydrogen-bond donors (Lipinski definition) is 1. The second-order valence-electron chi connectivity index (χ2n) is 4.38. The Hall–Kier alpha value is -0.610. The Balaban J connectivity index is 1.65. The van der Waals surface area contributed by atoms with Crippen LogP contribution in [-0.4, -0.2) is 38.9 Å². The summed E-state index contributed by atoms with van der Waals surface area (Å²) in [5.74, 6) is 0.577. The fourth-order valence-corrected chi connectivity index (χ4v) is 2.09. The quantitative estimate of drug-likeness (QED) is 0.696. The van der Waals surface area contributed by atoms with Crippen LogP contribution in [0.3, 0.4) is 0 Å². The summed E-state index contributed by atoms with van der Waals surface area (Å²) < 4.78 is 10.6. The molecule has 2 aliphatic rings. The maximum Gasteiger partial charge on any atom is 0.310 e. The van der Waals surface area contributed by atoms with Crippen molar-refractivity contribution in [2.75, 3.05) is 32.9 Å². The Kier molecular flexibility index (Phi) is 3.97. The molecular formula is C11H19NO3. The van der Waals surface area contributed by atoms with Crippen LogP contribution in [0.1, 0.15) is 19.3 Å². The maximum absolute atomic E-state index is 11.6. The average molecular weight is 213 g/mol. The van der Waals surface area contributed by atoms with Gasteiger partial charge in [0.25, 0.3) is 0 Å². The van der Waals surface area contributed by atoms with Gasteiger partial charge in [-0.1, -0.05) is 0 Å². The average Bonchev–Trinajstić information content (AvgIpc) is 2.81. The van der Waals surface area contributed by atoms with Crippen LogP contribution in [-0.2, 0) is 14.3 Å². The molecule has 2 aliphatic heterocycles. The first kappa shape index (κ1) is 10.9. The first-order valence-corrected chi connectivity index (χ1v) is 5.81. The van der Waals surface area contributed by atoms with Gasteiger partial charge in [0.2, 0.25) is 0 Å². The minimum absolute atomic E-state index is 0.0218. The van der Waals surface area contributed by atoms with Crippen molar-refractivity contribution >= 4 is 5.97 Å². The molecule has 0 amide bonds. The van der Waals surface area contributed by atoms with Crippen LogP contribution in [0.15, 0.2) is 0 Å². The van der Waals surface area contributed by atoms with Gasteiger partial charge >= 0.3 is 5.97 Å². The van der Waals surface area contributed by atoms with Gasteiger partial charge in [0.1, 0.15) is 0 Å². The Morgan fingerprint density at radius 1 is 1.33 bits per heavy atom. The monoisotopic (exact) mass is 213 g/mol. The molecule has 0 aromatic carbocycles. The van der Waals surface area contributed by atoms with E-state index in [1.807, 2.05) is 0 Å². The zero-order chi connectivity index (χ0) is 10.5. The van der Waals surface area contributed by atoms with Crippen LogP contribution in [0.25, 0.3) is 0 Å². The first-order valence-electron chi connectivity index (χ1n) is 5.81. The minimum atomic E-state index is -0.0218. The minimum Gasteiger partial charge on any atom is -0.465 e. The van der Waals surface area contributed by atoms with Crippen molar-refractivity contribution in [2.24, 2.45) is 11.8 Å². The van der Waals surface area contributed by atoms with Gasteiger partial charge in [-0.3, -0.25) is 4.79 Å². The highest BCUT2D eigenvalue weighted by Gasteiger charge is 2.25. The second-order valence-corrected chi connectivity index (χ2v) is 4.38. The summed E-state index contributed by atoms with van der Waals surface area (Å²) in [6.45, 7) is 3.93. The lowest BCUT2D eigenvalue weighted by atomic mass is 10.0. The van der Waals surface area contributed by atoms with Gasteiger partial charge in [-0.05, 0) is 31.7 Å². The van der Waals surface area contributed by atoms with Crippen LogP contribution in [0.2, 0.25) is 0 Å². The Bertz CT molecular complexity index is 208. The molecule has 15 heavy (non-hydrogen) atoms. The molecular weight excluding hydrogens is 194 g/mol. The molecule has 0 aromatic rings. The molecule has 1 atom stereocenters. The lowest BCUT2D eigenvalue weighted by molar-refractivity contribution is -0.150. The van der Waals surface area contributed by atoms with Crippen molar-refractivity contribution in [1.82, 2.24) is 5.32 Å². The molecule has 0 radical (unpaired) electrons. The molecule has 0 saturated carbocycles. The number of ether oxygens (including phenoxy) is 2. The van der Waals surface area contributed by atoms with E-state index in [9.17, 15) is 4.79 Å². The lowest BCUT2D eigenvalue weighted by Crippen LogP contribution is -2.25. The SMILES string of the molecule is O=C(OCC1CCOCC1)C1CCNC1. The number of nitrogens with one attached hydrogen (secondary N) is 1. The van der Waals surface area contributed by atoms with E-state index >= 15 is 0 Å². The predicted octanol–water partition coefficient (Wildman–Crippen LogP) is 0.566. The van der Waals surface area contributed by atoms with Crippen molar-refractivity contribution < 1.29 is 14.3 Å². The smallest absolute Gasteiger partial charge is 0.310 e. The van der Waals surface area contributed by atoms with E-state index in [2.05, 4.69) is 5.32 Å². The number of carbonyl (C=O) groups excluding carboxylic acids is 1. The topological polar surface area (TPSA) is 47.6 Å². The largest absolute Gasteiger partial charge is 0.465 e. The number of esters is 1. The van der Waals surface area contributed by atoms with Gasteiger partial charge in [0.15, 0.2) is 0 Å². The molecule has 4 nitrogen and oxygen atoms in total. The highest BCUT2D eigenvalue weighted by atomic mass is 16.5. The molecule has 0 aliphatic carbocycles. The molecule has 2 rings (SSSR count). The summed E-state index contributed by atoms with van der Waals surface area (Å²) >= 11 is 0. The summed E-state index contributed by atoms with van der Waals surface area (Å²) in [5, 5.41) is 3.17. The van der Waals surface area contributed by atoms with Crippen molar-refractivity contribution in [1.29, 1.82) is 0 Å². The van der Waals surface area contributed by atoms with Crippen LogP contribution in [0.4, 0.5) is 0 Å². The third-order valence-electron chi connectivity index (χ3n) is 3.20. The van der Waals surface area contributed by atoms with E-state index in [0.29, 0.717) is 12.5 Å². The van der Waals surface area contributed by atoms with E-state index < -0.39 is 0 Å². The highest BCUT2D eigenvalue weighted by molar-refractivity contribution is 5.73. The number of carbonyl (C=O) groups is 1. The van der Waals surface area contributed by atoms with Gasteiger partial charge in [-0.15, -0.1) is 0 Å². The zero-order valence-electron chi connectivity index (χ0n) is 9.04. The Morgan fingerprint density at radius 3 is 2.80 bits per heavy atom. The predicted molar refractivity (Wildman–Crippen MR) is 55.5 cm³/mol. The molecule has 1 N–H and O–H groups in total. The zero-order valence-corrected chi connectivity index (χ0v) is 9.04. The Morgan fingerprint density at radius 2 is 2.13 bits per heavy atom. The fourth-order valence-electron chi connectivity index (χ4n) is 2.09. The molecule has 2 heterocycles. The van der Waals surface area contributed by atoms with E-state index in [1.165, 1.54) is 0 Å². The van der Waals surface area contributed by atoms with Crippen molar-refractivity contribution in [3.63, 3.8) is 0 Å². The molecule has 0 aromatic heterocycles. The Labute approximate surface area is 90.3 Å². The van der Waals surface area contributed by atoms with E-state index in [1.54, 1.807) is 0 Å². The molecule has 2 saturated heterocycles. The summed E-state index contributed by atoms with van der Waals surface area (Å²) in [6.07, 6.45) is 2.97. The number of hydrogen-bond acceptors (Lipinski definition) is 4. The van der Waals surface area contributed by atoms with Crippen molar-refractivity contribution in [3.05, 3.63) is 0 Å². The first-order chi connectivity index (χ1) is 7.36. The highest BCUT2D eigenvalue weighted by Crippen LogP contribution is 2.16. The summed E-state index contributed by atoms with van der Waals surface area (Å²) in [6, 6.07) is 0. The van der Waals surface area contributed by atoms with Crippen LogP contribution < -0.4 is 5.32 Å². The van der Waals surface area contributed by atoms with Crippen molar-refractivity contribution in [2.45, 2.75) is 19.3 Å². The second kappa shape index (κ2) is 5.47. The normalized spacial score (nSPS) is 27.9. The van der Waals surface area contributed by atoms with E-state index in [0.717, 1.165) is 45.6 Å². The molecule has 1 unspecified atom stereocenters. The van der Waals surface area contributed by atoms with E-state index in [4.69, 9.17) is 9.47 Å². The van der Waals surface area contributed by atoms with Crippen LogP contribution in [0.5, 0.6) is 0 Å². The van der Waals surface area contributed by atoms with Gasteiger partial charge < -0.3 is 14.8 Å². The van der Waals surface area contributed by atoms with Crippen LogP contribution in [0, 0.1) is 11.8 Å². The van der Waals surface area contributed by atoms with Gasteiger partial charge in [0, 0.05) is 19.8 Å². The standard InChI is InChI=1S/C11H19NO3/c13-11(10-1-4-12-7-10)15-8-9-2-5-14-6-3-9/h9-10,12H,1-8H2. The maximum atomic E-state index is 11.6.